The molecular weight excluding hydrogens is 442 g/mol. The molecule has 2 aromatic carbocycles. The fourth-order valence-corrected chi connectivity index (χ4v) is 3.82. The summed E-state index contributed by atoms with van der Waals surface area (Å²) in [4.78, 5) is 17.3. The zero-order chi connectivity index (χ0) is 24.6. The van der Waals surface area contributed by atoms with Gasteiger partial charge < -0.3 is 20.5 Å². The number of hydrogen-bond donors (Lipinski definition) is 3. The van der Waals surface area contributed by atoms with Gasteiger partial charge in [-0.05, 0) is 62.9 Å². The predicted octanol–water partition coefficient (Wildman–Crippen LogP) is 4.57. The molecule has 0 unspecified atom stereocenters. The lowest BCUT2D eigenvalue weighted by Crippen LogP contribution is -2.30. The van der Waals surface area contributed by atoms with Crippen LogP contribution in [-0.4, -0.2) is 43.8 Å². The van der Waals surface area contributed by atoms with Gasteiger partial charge in [0.1, 0.15) is 11.6 Å². The fraction of sp³-hybridized carbons (Fsp3) is 0.296. The maximum absolute atomic E-state index is 12.6. The summed E-state index contributed by atoms with van der Waals surface area (Å²) in [6.07, 6.45) is 3.85. The number of carbonyl (C=O) groups is 1. The van der Waals surface area contributed by atoms with E-state index in [-0.39, 0.29) is 5.91 Å². The van der Waals surface area contributed by atoms with Crippen LogP contribution in [0.5, 0.6) is 11.6 Å². The van der Waals surface area contributed by atoms with Gasteiger partial charge in [0.15, 0.2) is 5.65 Å². The van der Waals surface area contributed by atoms with Crippen molar-refractivity contribution in [1.29, 1.82) is 0 Å². The van der Waals surface area contributed by atoms with Crippen LogP contribution >= 0.6 is 0 Å². The summed E-state index contributed by atoms with van der Waals surface area (Å²) in [7, 11) is 0. The van der Waals surface area contributed by atoms with Crippen LogP contribution in [0.1, 0.15) is 42.6 Å². The SMILES string of the molecule is Cc1cc(-c2cnn3c(NCC(C)(C)O)cc(Oc4ccccc4)nc23)ccc1C(=O)NC1CC1. The van der Waals surface area contributed by atoms with Gasteiger partial charge in [-0.25, -0.2) is 0 Å². The Kier molecular flexibility index (Phi) is 5.90. The molecule has 35 heavy (non-hydrogen) atoms. The van der Waals surface area contributed by atoms with Crippen LogP contribution in [0, 0.1) is 6.92 Å². The van der Waals surface area contributed by atoms with Crippen molar-refractivity contribution in [1.82, 2.24) is 19.9 Å². The van der Waals surface area contributed by atoms with Crippen molar-refractivity contribution in [3.63, 3.8) is 0 Å². The zero-order valence-electron chi connectivity index (χ0n) is 20.1. The molecule has 8 nitrogen and oxygen atoms in total. The minimum atomic E-state index is -0.917. The smallest absolute Gasteiger partial charge is 0.251 e. The van der Waals surface area contributed by atoms with Crippen molar-refractivity contribution >= 4 is 17.4 Å². The van der Waals surface area contributed by atoms with Gasteiger partial charge >= 0.3 is 0 Å². The van der Waals surface area contributed by atoms with E-state index in [1.165, 1.54) is 0 Å². The molecule has 0 radical (unpaired) electrons. The summed E-state index contributed by atoms with van der Waals surface area (Å²) in [5, 5.41) is 21.1. The Balaban J connectivity index is 1.53. The molecule has 1 amide bonds. The summed E-state index contributed by atoms with van der Waals surface area (Å²) in [5.74, 6) is 1.68. The van der Waals surface area contributed by atoms with E-state index in [1.54, 1.807) is 30.6 Å². The molecule has 8 heteroatoms. The minimum Gasteiger partial charge on any atom is -0.439 e. The highest BCUT2D eigenvalue weighted by atomic mass is 16.5. The van der Waals surface area contributed by atoms with Gasteiger partial charge in [-0.2, -0.15) is 14.6 Å². The Hall–Kier alpha value is -3.91. The van der Waals surface area contributed by atoms with E-state index in [1.807, 2.05) is 55.5 Å². The van der Waals surface area contributed by atoms with Gasteiger partial charge in [0.2, 0.25) is 5.88 Å². The zero-order valence-corrected chi connectivity index (χ0v) is 20.1. The number of benzene rings is 2. The van der Waals surface area contributed by atoms with Crippen molar-refractivity contribution in [2.24, 2.45) is 0 Å². The lowest BCUT2D eigenvalue weighted by molar-refractivity contribution is 0.0939. The van der Waals surface area contributed by atoms with Crippen LogP contribution in [0.4, 0.5) is 5.82 Å². The number of carbonyl (C=O) groups excluding carboxylic acids is 1. The number of rotatable bonds is 8. The molecule has 1 fully saturated rings. The van der Waals surface area contributed by atoms with Crippen LogP contribution in [0.2, 0.25) is 0 Å². The fourth-order valence-electron chi connectivity index (χ4n) is 3.82. The highest BCUT2D eigenvalue weighted by Gasteiger charge is 2.25. The standard InChI is InChI=1S/C27H29N5O3/c1-17-13-18(9-12-21(17)26(33)30-19-10-11-19)22-15-29-32-23(28-16-27(2,3)34)14-24(31-25(22)32)35-20-7-5-4-6-8-20/h4-9,12-15,19,28,34H,10-11,16H2,1-3H3,(H,30,33). The molecule has 3 N–H and O–H groups in total. The van der Waals surface area contributed by atoms with Gasteiger partial charge in [-0.3, -0.25) is 4.79 Å². The molecule has 4 aromatic rings. The Morgan fingerprint density at radius 2 is 1.94 bits per heavy atom. The normalized spacial score (nSPS) is 13.6. The maximum atomic E-state index is 12.6. The van der Waals surface area contributed by atoms with Gasteiger partial charge in [-0.1, -0.05) is 30.3 Å². The largest absolute Gasteiger partial charge is 0.439 e. The number of anilines is 1. The van der Waals surface area contributed by atoms with Crippen molar-refractivity contribution in [2.45, 2.75) is 45.3 Å². The highest BCUT2D eigenvalue weighted by Crippen LogP contribution is 2.31. The van der Waals surface area contributed by atoms with E-state index >= 15 is 0 Å². The molecule has 1 saturated carbocycles. The van der Waals surface area contributed by atoms with Crippen LogP contribution in [-0.2, 0) is 0 Å². The Bertz CT molecular complexity index is 1370. The minimum absolute atomic E-state index is 0.0359. The van der Waals surface area contributed by atoms with Gasteiger partial charge in [-0.15, -0.1) is 0 Å². The summed E-state index contributed by atoms with van der Waals surface area (Å²) >= 11 is 0. The average molecular weight is 472 g/mol. The number of amides is 1. The molecule has 0 spiro atoms. The van der Waals surface area contributed by atoms with E-state index in [9.17, 15) is 9.90 Å². The summed E-state index contributed by atoms with van der Waals surface area (Å²) < 4.78 is 7.73. The molecule has 0 saturated heterocycles. The molecule has 2 heterocycles. The van der Waals surface area contributed by atoms with Crippen molar-refractivity contribution in [2.75, 3.05) is 11.9 Å². The molecule has 1 aliphatic carbocycles. The van der Waals surface area contributed by atoms with E-state index in [0.717, 1.165) is 29.5 Å². The molecule has 5 rings (SSSR count). The third-order valence-electron chi connectivity index (χ3n) is 5.81. The first-order chi connectivity index (χ1) is 16.8. The number of nitrogens with one attached hydrogen (secondary N) is 2. The summed E-state index contributed by atoms with van der Waals surface area (Å²) in [5.41, 5.74) is 2.96. The Morgan fingerprint density at radius 3 is 2.63 bits per heavy atom. The first-order valence-electron chi connectivity index (χ1n) is 11.8. The number of hydrogen-bond acceptors (Lipinski definition) is 6. The van der Waals surface area contributed by atoms with Crippen molar-refractivity contribution < 1.29 is 14.6 Å². The van der Waals surface area contributed by atoms with E-state index < -0.39 is 5.60 Å². The topological polar surface area (TPSA) is 101 Å². The third-order valence-corrected chi connectivity index (χ3v) is 5.81. The molecule has 1 aliphatic rings. The van der Waals surface area contributed by atoms with Gasteiger partial charge in [0.05, 0.1) is 11.8 Å². The quantitative estimate of drug-likeness (QED) is 0.348. The number of aryl methyl sites for hydroxylation is 1. The molecule has 0 bridgehead atoms. The van der Waals surface area contributed by atoms with E-state index in [2.05, 4.69) is 15.7 Å². The summed E-state index contributed by atoms with van der Waals surface area (Å²) in [6, 6.07) is 17.3. The van der Waals surface area contributed by atoms with Gasteiger partial charge in [0.25, 0.3) is 5.91 Å². The van der Waals surface area contributed by atoms with Crippen LogP contribution < -0.4 is 15.4 Å². The Morgan fingerprint density at radius 1 is 1.17 bits per heavy atom. The first kappa shape index (κ1) is 22.9. The average Bonchev–Trinajstić information content (AvgIpc) is 3.53. The molecule has 0 atom stereocenters. The van der Waals surface area contributed by atoms with E-state index in [4.69, 9.17) is 9.72 Å². The predicted molar refractivity (Wildman–Crippen MR) is 135 cm³/mol. The number of ether oxygens (including phenoxy) is 1. The number of para-hydroxylation sites is 1. The van der Waals surface area contributed by atoms with Crippen LogP contribution in [0.25, 0.3) is 16.8 Å². The first-order valence-corrected chi connectivity index (χ1v) is 11.8. The second kappa shape index (κ2) is 9.03. The van der Waals surface area contributed by atoms with E-state index in [0.29, 0.717) is 41.2 Å². The highest BCUT2D eigenvalue weighted by molar-refractivity contribution is 5.97. The number of nitrogens with zero attached hydrogens (tertiary/aromatic N) is 3. The number of fused-ring (bicyclic) bond motifs is 1. The van der Waals surface area contributed by atoms with Gasteiger partial charge in [0, 0.05) is 29.8 Å². The monoisotopic (exact) mass is 471 g/mol. The molecule has 0 aliphatic heterocycles. The van der Waals surface area contributed by atoms with Crippen LogP contribution in [0.3, 0.4) is 0 Å². The van der Waals surface area contributed by atoms with Crippen LogP contribution in [0.15, 0.2) is 60.8 Å². The molecular formula is C27H29N5O3. The number of aliphatic hydroxyl groups is 1. The Labute approximate surface area is 204 Å². The second-order valence-electron chi connectivity index (χ2n) is 9.63. The van der Waals surface area contributed by atoms with Crippen molar-refractivity contribution in [3.8, 4) is 22.8 Å². The molecule has 2 aromatic heterocycles. The third kappa shape index (κ3) is 5.27. The molecule has 180 valence electrons. The second-order valence-corrected chi connectivity index (χ2v) is 9.63. The lowest BCUT2D eigenvalue weighted by Gasteiger charge is -2.19. The maximum Gasteiger partial charge on any atom is 0.251 e. The summed E-state index contributed by atoms with van der Waals surface area (Å²) in [6.45, 7) is 5.72. The lowest BCUT2D eigenvalue weighted by atomic mass is 10.0. The number of aromatic nitrogens is 3. The van der Waals surface area contributed by atoms with Crippen molar-refractivity contribution in [3.05, 3.63) is 71.9 Å².